The minimum atomic E-state index is -0.557. The van der Waals surface area contributed by atoms with Gasteiger partial charge in [0.25, 0.3) is 0 Å². The number of carbonyl (C=O) groups excluding carboxylic acids is 1. The zero-order chi connectivity index (χ0) is 28.9. The number of piperidine rings is 1. The third-order valence-electron chi connectivity index (χ3n) is 7.97. The number of nitrogens with zero attached hydrogens (tertiary/aromatic N) is 5. The number of halogens is 1. The number of fused-ring (bicyclic) bond motifs is 2. The molecule has 41 heavy (non-hydrogen) atoms. The number of carbonyl (C=O) groups is 1. The first-order chi connectivity index (χ1) is 19.5. The lowest BCUT2D eigenvalue weighted by atomic mass is 9.73. The number of benzene rings is 1. The molecule has 11 heteroatoms. The molecule has 0 radical (unpaired) electrons. The van der Waals surface area contributed by atoms with Gasteiger partial charge in [-0.3, -0.25) is 4.40 Å². The number of pyridine rings is 1. The molecule has 1 atom stereocenters. The predicted octanol–water partition coefficient (Wildman–Crippen LogP) is 6.23. The van der Waals surface area contributed by atoms with Crippen LogP contribution in [-0.4, -0.2) is 44.1 Å². The number of anilines is 2. The van der Waals surface area contributed by atoms with Gasteiger partial charge in [0.1, 0.15) is 11.4 Å². The maximum absolute atomic E-state index is 12.9. The van der Waals surface area contributed by atoms with Gasteiger partial charge in [0.15, 0.2) is 5.65 Å². The molecule has 1 aliphatic heterocycles. The molecule has 214 valence electrons. The van der Waals surface area contributed by atoms with Crippen molar-refractivity contribution >= 4 is 46.9 Å². The number of nitrogens with one attached hydrogen (secondary N) is 1. The Morgan fingerprint density at radius 1 is 1.17 bits per heavy atom. The Labute approximate surface area is 248 Å². The standard InChI is InChI=1S/C30H34ClN7O2S/c1-18-23(41-21-9-12-33-25(32)22(21)31)26-34-13-16-38(26)27(35-18)37-14-10-30(11-15-37)17-19-7-5-6-8-20(19)24(30)36-28(39)40-29(2,3)4/h5-9,12-13,16,24H,10-11,14-15,17H2,1-4H3,(H2,32,33)(H,36,39)/t24-/m1/s1. The van der Waals surface area contributed by atoms with Gasteiger partial charge in [-0.25, -0.2) is 19.7 Å². The van der Waals surface area contributed by atoms with Crippen LogP contribution in [0.4, 0.5) is 16.6 Å². The molecule has 3 N–H and O–H groups in total. The quantitative estimate of drug-likeness (QED) is 0.287. The van der Waals surface area contributed by atoms with Gasteiger partial charge < -0.3 is 20.7 Å². The van der Waals surface area contributed by atoms with Gasteiger partial charge in [-0.15, -0.1) is 0 Å². The first-order valence-electron chi connectivity index (χ1n) is 13.8. The SMILES string of the molecule is Cc1nc(N2CCC3(CC2)Cc2ccccc2[C@H]3NC(=O)OC(C)(C)C)n2ccnc2c1Sc1ccnc(N)c1Cl. The molecule has 1 spiro atoms. The highest BCUT2D eigenvalue weighted by Gasteiger charge is 2.49. The summed E-state index contributed by atoms with van der Waals surface area (Å²) in [5, 5.41) is 3.67. The van der Waals surface area contributed by atoms with E-state index >= 15 is 0 Å². The molecular weight excluding hydrogens is 558 g/mol. The Balaban J connectivity index is 1.26. The number of aryl methyl sites for hydroxylation is 1. The fraction of sp³-hybridized carbons (Fsp3) is 0.400. The summed E-state index contributed by atoms with van der Waals surface area (Å²) in [5.41, 5.74) is 9.47. The average molecular weight is 592 g/mol. The van der Waals surface area contributed by atoms with Gasteiger partial charge in [0, 0.05) is 42.0 Å². The average Bonchev–Trinajstić information content (AvgIpc) is 3.51. The van der Waals surface area contributed by atoms with Crippen LogP contribution in [0.15, 0.2) is 58.7 Å². The van der Waals surface area contributed by atoms with E-state index < -0.39 is 5.60 Å². The normalized spacial score (nSPS) is 18.1. The second-order valence-corrected chi connectivity index (χ2v) is 13.3. The van der Waals surface area contributed by atoms with Crippen molar-refractivity contribution in [3.63, 3.8) is 0 Å². The molecule has 1 amide bonds. The van der Waals surface area contributed by atoms with Gasteiger partial charge in [0.05, 0.1) is 21.7 Å². The van der Waals surface area contributed by atoms with Crippen molar-refractivity contribution in [1.82, 2.24) is 24.7 Å². The molecule has 1 saturated heterocycles. The van der Waals surface area contributed by atoms with Crippen LogP contribution in [0.5, 0.6) is 0 Å². The van der Waals surface area contributed by atoms with Crippen LogP contribution < -0.4 is 16.0 Å². The number of rotatable bonds is 4. The van der Waals surface area contributed by atoms with Crippen molar-refractivity contribution in [2.75, 3.05) is 23.7 Å². The van der Waals surface area contributed by atoms with E-state index in [2.05, 4.69) is 38.4 Å². The second kappa shape index (κ2) is 10.4. The topological polar surface area (TPSA) is 111 Å². The Bertz CT molecular complexity index is 1630. The number of imidazole rings is 1. The van der Waals surface area contributed by atoms with E-state index in [1.165, 1.54) is 22.9 Å². The maximum atomic E-state index is 12.9. The zero-order valence-electron chi connectivity index (χ0n) is 23.6. The Morgan fingerprint density at radius 2 is 1.93 bits per heavy atom. The summed E-state index contributed by atoms with van der Waals surface area (Å²) in [7, 11) is 0. The fourth-order valence-corrected chi connectivity index (χ4v) is 7.29. The van der Waals surface area contributed by atoms with Crippen LogP contribution in [0, 0.1) is 12.3 Å². The van der Waals surface area contributed by atoms with E-state index in [0.717, 1.165) is 59.4 Å². The lowest BCUT2D eigenvalue weighted by Gasteiger charge is -2.44. The summed E-state index contributed by atoms with van der Waals surface area (Å²) < 4.78 is 7.71. The number of nitrogen functional groups attached to an aromatic ring is 1. The number of alkyl carbamates (subject to hydrolysis) is 1. The number of hydrogen-bond acceptors (Lipinski definition) is 8. The number of hydrogen-bond donors (Lipinski definition) is 2. The highest BCUT2D eigenvalue weighted by Crippen LogP contribution is 2.52. The minimum absolute atomic E-state index is 0.0893. The van der Waals surface area contributed by atoms with Crippen molar-refractivity contribution in [1.29, 1.82) is 0 Å². The number of ether oxygens (including phenoxy) is 1. The smallest absolute Gasteiger partial charge is 0.408 e. The third kappa shape index (κ3) is 5.19. The van der Waals surface area contributed by atoms with E-state index in [-0.39, 0.29) is 17.6 Å². The van der Waals surface area contributed by atoms with Crippen LogP contribution in [0.3, 0.4) is 0 Å². The van der Waals surface area contributed by atoms with Gasteiger partial charge in [0.2, 0.25) is 5.95 Å². The van der Waals surface area contributed by atoms with Crippen LogP contribution in [0.2, 0.25) is 5.02 Å². The van der Waals surface area contributed by atoms with Gasteiger partial charge in [-0.05, 0) is 64.2 Å². The summed E-state index contributed by atoms with van der Waals surface area (Å²) in [6.45, 7) is 9.28. The molecular formula is C30H34ClN7O2S. The molecule has 1 aromatic carbocycles. The van der Waals surface area contributed by atoms with Crippen molar-refractivity contribution in [2.45, 2.75) is 68.4 Å². The predicted molar refractivity (Wildman–Crippen MR) is 162 cm³/mol. The monoisotopic (exact) mass is 591 g/mol. The summed E-state index contributed by atoms with van der Waals surface area (Å²) in [4.78, 5) is 30.8. The van der Waals surface area contributed by atoms with Gasteiger partial charge in [-0.2, -0.15) is 0 Å². The Kier molecular flexibility index (Phi) is 7.02. The lowest BCUT2D eigenvalue weighted by molar-refractivity contribution is 0.0427. The second-order valence-electron chi connectivity index (χ2n) is 11.9. The molecule has 9 nitrogen and oxygen atoms in total. The van der Waals surface area contributed by atoms with Crippen LogP contribution in [0.1, 0.15) is 56.5 Å². The Morgan fingerprint density at radius 3 is 2.68 bits per heavy atom. The molecule has 1 aliphatic carbocycles. The summed E-state index contributed by atoms with van der Waals surface area (Å²) in [5.74, 6) is 1.16. The fourth-order valence-electron chi connectivity index (χ4n) is 6.08. The number of amides is 1. The van der Waals surface area contributed by atoms with Crippen LogP contribution >= 0.6 is 23.4 Å². The molecule has 2 aliphatic rings. The summed E-state index contributed by atoms with van der Waals surface area (Å²) in [6.07, 6.45) is 7.76. The lowest BCUT2D eigenvalue weighted by Crippen LogP contribution is -2.48. The van der Waals surface area contributed by atoms with Crippen molar-refractivity contribution in [2.24, 2.45) is 5.41 Å². The van der Waals surface area contributed by atoms with E-state index in [9.17, 15) is 4.79 Å². The summed E-state index contributed by atoms with van der Waals surface area (Å²) >= 11 is 7.94. The van der Waals surface area contributed by atoms with E-state index in [4.69, 9.17) is 27.1 Å². The molecule has 4 heterocycles. The largest absolute Gasteiger partial charge is 0.444 e. The molecule has 6 rings (SSSR count). The van der Waals surface area contributed by atoms with Gasteiger partial charge >= 0.3 is 6.09 Å². The molecule has 0 unspecified atom stereocenters. The zero-order valence-corrected chi connectivity index (χ0v) is 25.2. The first-order valence-corrected chi connectivity index (χ1v) is 15.0. The highest BCUT2D eigenvalue weighted by atomic mass is 35.5. The molecule has 4 aromatic rings. The van der Waals surface area contributed by atoms with Gasteiger partial charge in [-0.1, -0.05) is 47.6 Å². The Hall–Kier alpha value is -3.50. The van der Waals surface area contributed by atoms with Crippen molar-refractivity contribution < 1.29 is 9.53 Å². The maximum Gasteiger partial charge on any atom is 0.408 e. The molecule has 1 fully saturated rings. The number of nitrogens with two attached hydrogens (primary N) is 1. The molecule has 0 saturated carbocycles. The van der Waals surface area contributed by atoms with Crippen LogP contribution in [-0.2, 0) is 11.2 Å². The van der Waals surface area contributed by atoms with E-state index in [1.54, 1.807) is 12.4 Å². The first kappa shape index (κ1) is 27.7. The van der Waals surface area contributed by atoms with Crippen LogP contribution in [0.25, 0.3) is 5.65 Å². The third-order valence-corrected chi connectivity index (χ3v) is 9.72. The number of aromatic nitrogens is 4. The summed E-state index contributed by atoms with van der Waals surface area (Å²) in [6, 6.07) is 10.2. The minimum Gasteiger partial charge on any atom is -0.444 e. The van der Waals surface area contributed by atoms with E-state index in [0.29, 0.717) is 10.8 Å². The van der Waals surface area contributed by atoms with Crippen molar-refractivity contribution in [3.05, 3.63) is 70.8 Å². The van der Waals surface area contributed by atoms with E-state index in [1.807, 2.05) is 50.4 Å². The molecule has 0 bridgehead atoms. The highest BCUT2D eigenvalue weighted by molar-refractivity contribution is 7.99. The van der Waals surface area contributed by atoms with Crippen molar-refractivity contribution in [3.8, 4) is 0 Å². The molecule has 3 aromatic heterocycles.